The Hall–Kier alpha value is -1.07. The normalized spacial score (nSPS) is 19.3. The molecule has 1 aromatic rings. The van der Waals surface area contributed by atoms with Gasteiger partial charge < -0.3 is 19.4 Å². The Labute approximate surface area is 109 Å². The van der Waals surface area contributed by atoms with Crippen LogP contribution < -0.4 is 10.2 Å². The van der Waals surface area contributed by atoms with Crippen molar-refractivity contribution in [2.75, 3.05) is 31.6 Å². The summed E-state index contributed by atoms with van der Waals surface area (Å²) in [4.78, 5) is 6.49. The van der Waals surface area contributed by atoms with E-state index in [0.717, 1.165) is 51.2 Å². The number of oxazole rings is 1. The third-order valence-corrected chi connectivity index (χ3v) is 3.10. The van der Waals surface area contributed by atoms with Crippen LogP contribution in [0.4, 0.5) is 6.01 Å². The lowest BCUT2D eigenvalue weighted by Crippen LogP contribution is -2.28. The minimum Gasteiger partial charge on any atom is -0.432 e. The van der Waals surface area contributed by atoms with Crippen molar-refractivity contribution in [2.45, 2.75) is 38.8 Å². The van der Waals surface area contributed by atoms with Crippen LogP contribution in [0.25, 0.3) is 0 Å². The summed E-state index contributed by atoms with van der Waals surface area (Å²) in [6.45, 7) is 5.66. The molecule has 1 saturated heterocycles. The van der Waals surface area contributed by atoms with Crippen molar-refractivity contribution in [1.82, 2.24) is 10.3 Å². The molecule has 0 spiro atoms. The summed E-state index contributed by atoms with van der Waals surface area (Å²) in [6.07, 6.45) is 5.48. The van der Waals surface area contributed by atoms with E-state index in [0.29, 0.717) is 12.1 Å². The molecule has 1 N–H and O–H groups in total. The molecule has 0 radical (unpaired) electrons. The maximum atomic E-state index is 5.61. The minimum absolute atomic E-state index is 0.323. The van der Waals surface area contributed by atoms with E-state index in [1.165, 1.54) is 0 Å². The Kier molecular flexibility index (Phi) is 5.01. The van der Waals surface area contributed by atoms with Gasteiger partial charge in [0.25, 0.3) is 6.01 Å². The number of nitrogens with one attached hydrogen (secondary N) is 1. The van der Waals surface area contributed by atoms with Gasteiger partial charge in [-0.25, -0.2) is 0 Å². The number of rotatable bonds is 7. The van der Waals surface area contributed by atoms with Crippen LogP contribution in [0.3, 0.4) is 0 Å². The highest BCUT2D eigenvalue weighted by Gasteiger charge is 2.19. The van der Waals surface area contributed by atoms with E-state index >= 15 is 0 Å². The lowest BCUT2D eigenvalue weighted by atomic mass is 10.2. The van der Waals surface area contributed by atoms with Crippen molar-refractivity contribution in [3.63, 3.8) is 0 Å². The van der Waals surface area contributed by atoms with Crippen LogP contribution in [0.5, 0.6) is 0 Å². The first-order valence-corrected chi connectivity index (χ1v) is 6.77. The van der Waals surface area contributed by atoms with Crippen LogP contribution in [0.15, 0.2) is 10.7 Å². The van der Waals surface area contributed by atoms with E-state index in [-0.39, 0.29) is 0 Å². The van der Waals surface area contributed by atoms with Gasteiger partial charge in [0, 0.05) is 26.7 Å². The molecule has 1 fully saturated rings. The Balaban J connectivity index is 1.80. The highest BCUT2D eigenvalue weighted by Crippen LogP contribution is 2.17. The second kappa shape index (κ2) is 6.75. The minimum atomic E-state index is 0.323. The number of nitrogens with zero attached hydrogens (tertiary/aromatic N) is 2. The molecule has 18 heavy (non-hydrogen) atoms. The van der Waals surface area contributed by atoms with Gasteiger partial charge >= 0.3 is 0 Å². The summed E-state index contributed by atoms with van der Waals surface area (Å²) in [5.41, 5.74) is 0.956. The molecule has 102 valence electrons. The first-order chi connectivity index (χ1) is 8.79. The van der Waals surface area contributed by atoms with Crippen molar-refractivity contribution in [3.05, 3.63) is 12.0 Å². The zero-order valence-electron chi connectivity index (χ0n) is 11.3. The number of aromatic nitrogens is 1. The second-order valence-corrected chi connectivity index (χ2v) is 4.81. The van der Waals surface area contributed by atoms with Crippen LogP contribution in [0.2, 0.25) is 0 Å². The Morgan fingerprint density at radius 3 is 3.17 bits per heavy atom. The second-order valence-electron chi connectivity index (χ2n) is 4.81. The third kappa shape index (κ3) is 3.71. The van der Waals surface area contributed by atoms with E-state index in [2.05, 4.69) is 17.2 Å². The monoisotopic (exact) mass is 253 g/mol. The molecule has 0 aromatic carbocycles. The van der Waals surface area contributed by atoms with Crippen molar-refractivity contribution in [2.24, 2.45) is 0 Å². The molecule has 0 saturated carbocycles. The van der Waals surface area contributed by atoms with Gasteiger partial charge in [-0.15, -0.1) is 0 Å². The van der Waals surface area contributed by atoms with E-state index in [9.17, 15) is 0 Å². The predicted molar refractivity (Wildman–Crippen MR) is 70.7 cm³/mol. The van der Waals surface area contributed by atoms with Crippen LogP contribution in [0.1, 0.15) is 31.9 Å². The molecule has 1 aromatic heterocycles. The van der Waals surface area contributed by atoms with Gasteiger partial charge in [-0.05, 0) is 25.8 Å². The SMILES string of the molecule is CCCNCc1coc(N(C)CC2CCCO2)n1. The van der Waals surface area contributed by atoms with E-state index in [4.69, 9.17) is 9.15 Å². The third-order valence-electron chi connectivity index (χ3n) is 3.10. The first-order valence-electron chi connectivity index (χ1n) is 6.77. The average Bonchev–Trinajstić information content (AvgIpc) is 3.00. The fourth-order valence-corrected chi connectivity index (χ4v) is 2.12. The Bertz CT molecular complexity index is 348. The van der Waals surface area contributed by atoms with Crippen molar-refractivity contribution < 1.29 is 9.15 Å². The smallest absolute Gasteiger partial charge is 0.297 e. The lowest BCUT2D eigenvalue weighted by molar-refractivity contribution is 0.115. The highest BCUT2D eigenvalue weighted by molar-refractivity contribution is 5.25. The molecular formula is C13H23N3O2. The largest absolute Gasteiger partial charge is 0.432 e. The lowest BCUT2D eigenvalue weighted by Gasteiger charge is -2.18. The molecule has 2 heterocycles. The summed E-state index contributed by atoms with van der Waals surface area (Å²) < 4.78 is 11.1. The molecule has 5 heteroatoms. The molecule has 1 unspecified atom stereocenters. The van der Waals surface area contributed by atoms with Crippen LogP contribution in [-0.4, -0.2) is 37.8 Å². The molecular weight excluding hydrogens is 230 g/mol. The van der Waals surface area contributed by atoms with Crippen LogP contribution >= 0.6 is 0 Å². The molecule has 0 bridgehead atoms. The molecule has 1 atom stereocenters. The predicted octanol–water partition coefficient (Wildman–Crippen LogP) is 1.79. The van der Waals surface area contributed by atoms with E-state index in [1.54, 1.807) is 6.26 Å². The number of anilines is 1. The van der Waals surface area contributed by atoms with Crippen molar-refractivity contribution in [1.29, 1.82) is 0 Å². The van der Waals surface area contributed by atoms with Gasteiger partial charge in [0.15, 0.2) is 0 Å². The standard InChI is InChI=1S/C13H23N3O2/c1-3-6-14-8-11-10-18-13(15-11)16(2)9-12-5-4-7-17-12/h10,12,14H,3-9H2,1-2H3. The van der Waals surface area contributed by atoms with Crippen LogP contribution in [0, 0.1) is 0 Å². The van der Waals surface area contributed by atoms with Crippen LogP contribution in [-0.2, 0) is 11.3 Å². The van der Waals surface area contributed by atoms with Gasteiger partial charge in [0.05, 0.1) is 11.8 Å². The number of hydrogen-bond acceptors (Lipinski definition) is 5. The number of ether oxygens (including phenoxy) is 1. The summed E-state index contributed by atoms with van der Waals surface area (Å²) in [5.74, 6) is 0. The zero-order chi connectivity index (χ0) is 12.8. The van der Waals surface area contributed by atoms with Gasteiger partial charge in [0.1, 0.15) is 6.26 Å². The molecule has 1 aliphatic rings. The summed E-state index contributed by atoms with van der Waals surface area (Å²) in [5, 5.41) is 3.31. The van der Waals surface area contributed by atoms with Gasteiger partial charge in [-0.2, -0.15) is 4.98 Å². The van der Waals surface area contributed by atoms with Crippen molar-refractivity contribution in [3.8, 4) is 0 Å². The van der Waals surface area contributed by atoms with E-state index < -0.39 is 0 Å². The maximum Gasteiger partial charge on any atom is 0.297 e. The van der Waals surface area contributed by atoms with Gasteiger partial charge in [0.2, 0.25) is 0 Å². The summed E-state index contributed by atoms with van der Waals surface area (Å²) >= 11 is 0. The van der Waals surface area contributed by atoms with E-state index in [1.807, 2.05) is 11.9 Å². The molecule has 0 aliphatic carbocycles. The van der Waals surface area contributed by atoms with Crippen molar-refractivity contribution >= 4 is 6.01 Å². The molecule has 5 nitrogen and oxygen atoms in total. The zero-order valence-corrected chi connectivity index (χ0v) is 11.3. The average molecular weight is 253 g/mol. The molecule has 2 rings (SSSR count). The number of hydrogen-bond donors (Lipinski definition) is 1. The fourth-order valence-electron chi connectivity index (χ4n) is 2.12. The first kappa shape index (κ1) is 13.4. The molecule has 0 amide bonds. The Morgan fingerprint density at radius 2 is 2.44 bits per heavy atom. The van der Waals surface area contributed by atoms with Gasteiger partial charge in [-0.3, -0.25) is 0 Å². The molecule has 1 aliphatic heterocycles. The summed E-state index contributed by atoms with van der Waals surface area (Å²) in [7, 11) is 2.00. The fraction of sp³-hybridized carbons (Fsp3) is 0.769. The summed E-state index contributed by atoms with van der Waals surface area (Å²) in [6, 6.07) is 0.679. The Morgan fingerprint density at radius 1 is 1.56 bits per heavy atom. The number of likely N-dealkylation sites (N-methyl/N-ethyl adjacent to an activating group) is 1. The topological polar surface area (TPSA) is 50.5 Å². The highest BCUT2D eigenvalue weighted by atomic mass is 16.5. The quantitative estimate of drug-likeness (QED) is 0.751. The van der Waals surface area contributed by atoms with Gasteiger partial charge in [-0.1, -0.05) is 6.92 Å². The maximum absolute atomic E-state index is 5.61.